The lowest BCUT2D eigenvalue weighted by molar-refractivity contribution is 0.0954. The molecule has 0 unspecified atom stereocenters. The lowest BCUT2D eigenvalue weighted by atomic mass is 10.2. The highest BCUT2D eigenvalue weighted by atomic mass is 32.1. The van der Waals surface area contributed by atoms with Gasteiger partial charge >= 0.3 is 0 Å². The third kappa shape index (κ3) is 2.10. The Kier molecular flexibility index (Phi) is 3.07. The van der Waals surface area contributed by atoms with Crippen molar-refractivity contribution < 1.29 is 9.32 Å². The fourth-order valence-electron chi connectivity index (χ4n) is 1.88. The molecule has 0 aromatic carbocycles. The van der Waals surface area contributed by atoms with Crippen molar-refractivity contribution in [2.45, 2.75) is 13.5 Å². The summed E-state index contributed by atoms with van der Waals surface area (Å²) >= 11 is 1.27. The van der Waals surface area contributed by atoms with E-state index in [0.29, 0.717) is 16.4 Å². The first-order valence-corrected chi connectivity index (χ1v) is 6.65. The molecule has 0 aliphatic carbocycles. The number of carbonyl (C=O) groups is 1. The van der Waals surface area contributed by atoms with E-state index < -0.39 is 0 Å². The van der Waals surface area contributed by atoms with Gasteiger partial charge in [0.25, 0.3) is 5.91 Å². The van der Waals surface area contributed by atoms with E-state index >= 15 is 0 Å². The first-order valence-electron chi connectivity index (χ1n) is 5.84. The predicted octanol–water partition coefficient (Wildman–Crippen LogP) is 1.50. The van der Waals surface area contributed by atoms with Crippen LogP contribution in [0.15, 0.2) is 23.2 Å². The molecule has 3 rings (SSSR count). The smallest absolute Gasteiger partial charge is 0.263 e. The molecular weight excluding hydrogens is 278 g/mol. The van der Waals surface area contributed by atoms with Gasteiger partial charge < -0.3 is 15.6 Å². The van der Waals surface area contributed by atoms with E-state index in [-0.39, 0.29) is 12.5 Å². The third-order valence-corrected chi connectivity index (χ3v) is 3.97. The summed E-state index contributed by atoms with van der Waals surface area (Å²) in [5.74, 6) is 0.141. The maximum absolute atomic E-state index is 12.1. The lowest BCUT2D eigenvalue weighted by Gasteiger charge is -2.01. The molecule has 0 aliphatic rings. The van der Waals surface area contributed by atoms with Crippen LogP contribution in [0.5, 0.6) is 0 Å². The first-order chi connectivity index (χ1) is 9.66. The van der Waals surface area contributed by atoms with Crippen LogP contribution >= 0.6 is 11.3 Å². The van der Waals surface area contributed by atoms with Gasteiger partial charge in [0.05, 0.1) is 12.2 Å². The van der Waals surface area contributed by atoms with Crippen molar-refractivity contribution in [1.82, 2.24) is 20.4 Å². The molecular formula is C12H11N5O2S. The van der Waals surface area contributed by atoms with Gasteiger partial charge in [0.15, 0.2) is 5.82 Å². The minimum Gasteiger partial charge on any atom is -0.397 e. The van der Waals surface area contributed by atoms with Crippen molar-refractivity contribution in [3.05, 3.63) is 34.9 Å². The highest BCUT2D eigenvalue weighted by molar-refractivity contribution is 7.21. The van der Waals surface area contributed by atoms with Crippen LogP contribution in [0.2, 0.25) is 0 Å². The van der Waals surface area contributed by atoms with Gasteiger partial charge in [-0.05, 0) is 18.6 Å². The van der Waals surface area contributed by atoms with Crippen molar-refractivity contribution in [1.29, 1.82) is 0 Å². The molecule has 0 radical (unpaired) electrons. The van der Waals surface area contributed by atoms with Gasteiger partial charge in [-0.2, -0.15) is 4.98 Å². The Morgan fingerprint density at radius 1 is 1.50 bits per heavy atom. The summed E-state index contributed by atoms with van der Waals surface area (Å²) in [4.78, 5) is 21.4. The number of anilines is 1. The SMILES string of the molecule is Cc1ccnc2sc(C(=O)NCc3ncon3)c(N)c12. The highest BCUT2D eigenvalue weighted by Gasteiger charge is 2.18. The van der Waals surface area contributed by atoms with Crippen molar-refractivity contribution in [2.75, 3.05) is 5.73 Å². The molecule has 0 bridgehead atoms. The summed E-state index contributed by atoms with van der Waals surface area (Å²) in [7, 11) is 0. The molecule has 0 spiro atoms. The van der Waals surface area contributed by atoms with E-state index in [2.05, 4.69) is 25.0 Å². The Hall–Kier alpha value is -2.48. The monoisotopic (exact) mass is 289 g/mol. The van der Waals surface area contributed by atoms with E-state index in [1.54, 1.807) is 6.20 Å². The van der Waals surface area contributed by atoms with Gasteiger partial charge in [0.2, 0.25) is 6.39 Å². The minimum absolute atomic E-state index is 0.190. The Balaban J connectivity index is 1.88. The Morgan fingerprint density at radius 3 is 3.05 bits per heavy atom. The van der Waals surface area contributed by atoms with Gasteiger partial charge in [-0.15, -0.1) is 11.3 Å². The third-order valence-electron chi connectivity index (χ3n) is 2.86. The summed E-state index contributed by atoms with van der Waals surface area (Å²) in [5, 5.41) is 7.16. The Bertz CT molecular complexity index is 766. The van der Waals surface area contributed by atoms with E-state index in [4.69, 9.17) is 5.73 Å². The number of aromatic nitrogens is 3. The van der Waals surface area contributed by atoms with Crippen LogP contribution in [0.1, 0.15) is 21.1 Å². The number of nitrogens with zero attached hydrogens (tertiary/aromatic N) is 3. The van der Waals surface area contributed by atoms with Gasteiger partial charge in [-0.25, -0.2) is 4.98 Å². The molecule has 3 heterocycles. The quantitative estimate of drug-likeness (QED) is 0.756. The molecule has 0 saturated heterocycles. The number of nitrogens with two attached hydrogens (primary N) is 1. The van der Waals surface area contributed by atoms with E-state index in [1.165, 1.54) is 17.7 Å². The van der Waals surface area contributed by atoms with Crippen molar-refractivity contribution in [3.8, 4) is 0 Å². The highest BCUT2D eigenvalue weighted by Crippen LogP contribution is 2.34. The fraction of sp³-hybridized carbons (Fsp3) is 0.167. The van der Waals surface area contributed by atoms with Crippen LogP contribution in [-0.4, -0.2) is 21.0 Å². The lowest BCUT2D eigenvalue weighted by Crippen LogP contribution is -2.23. The maximum Gasteiger partial charge on any atom is 0.263 e. The number of aryl methyl sites for hydroxylation is 1. The van der Waals surface area contributed by atoms with Crippen LogP contribution < -0.4 is 11.1 Å². The number of nitrogen functional groups attached to an aromatic ring is 1. The largest absolute Gasteiger partial charge is 0.397 e. The molecule has 3 N–H and O–H groups in total. The molecule has 7 nitrogen and oxygen atoms in total. The standard InChI is InChI=1S/C12H11N5O2S/c1-6-2-3-14-12-8(6)9(13)10(20-12)11(18)15-4-7-16-5-19-17-7/h2-3,5H,4,13H2,1H3,(H,15,18). The van der Waals surface area contributed by atoms with Crippen LogP contribution in [0.4, 0.5) is 5.69 Å². The number of rotatable bonds is 3. The summed E-state index contributed by atoms with van der Waals surface area (Å²) in [5.41, 5.74) is 7.51. The summed E-state index contributed by atoms with van der Waals surface area (Å²) < 4.78 is 4.60. The first kappa shape index (κ1) is 12.5. The van der Waals surface area contributed by atoms with Crippen LogP contribution in [-0.2, 0) is 6.54 Å². The van der Waals surface area contributed by atoms with Crippen LogP contribution in [0.25, 0.3) is 10.2 Å². The second-order valence-corrected chi connectivity index (χ2v) is 5.18. The summed E-state index contributed by atoms with van der Waals surface area (Å²) in [6.07, 6.45) is 2.91. The van der Waals surface area contributed by atoms with Crippen LogP contribution in [0, 0.1) is 6.92 Å². The normalized spacial score (nSPS) is 10.8. The molecule has 8 heteroatoms. The molecule has 3 aromatic rings. The second kappa shape index (κ2) is 4.89. The zero-order valence-corrected chi connectivity index (χ0v) is 11.4. The summed E-state index contributed by atoms with van der Waals surface area (Å²) in [6.45, 7) is 2.13. The minimum atomic E-state index is -0.269. The Morgan fingerprint density at radius 2 is 2.35 bits per heavy atom. The van der Waals surface area contributed by atoms with Crippen molar-refractivity contribution >= 4 is 33.1 Å². The number of thiophene rings is 1. The van der Waals surface area contributed by atoms with Gasteiger partial charge in [-0.3, -0.25) is 4.79 Å². The van der Waals surface area contributed by atoms with E-state index in [9.17, 15) is 4.79 Å². The predicted molar refractivity (Wildman–Crippen MR) is 74.2 cm³/mol. The van der Waals surface area contributed by atoms with E-state index in [1.807, 2.05) is 13.0 Å². The molecule has 20 heavy (non-hydrogen) atoms. The molecule has 1 amide bonds. The number of hydrogen-bond acceptors (Lipinski definition) is 7. The zero-order valence-electron chi connectivity index (χ0n) is 10.6. The van der Waals surface area contributed by atoms with E-state index in [0.717, 1.165) is 15.8 Å². The molecule has 0 fully saturated rings. The summed E-state index contributed by atoms with van der Waals surface area (Å²) in [6, 6.07) is 1.87. The van der Waals surface area contributed by atoms with Gasteiger partial charge in [-0.1, -0.05) is 5.16 Å². The maximum atomic E-state index is 12.1. The molecule has 102 valence electrons. The number of amides is 1. The number of fused-ring (bicyclic) bond motifs is 1. The van der Waals surface area contributed by atoms with Crippen molar-refractivity contribution in [3.63, 3.8) is 0 Å². The average Bonchev–Trinajstić information content (AvgIpc) is 3.05. The molecule has 0 saturated carbocycles. The number of pyridine rings is 1. The van der Waals surface area contributed by atoms with Crippen LogP contribution in [0.3, 0.4) is 0 Å². The number of hydrogen-bond donors (Lipinski definition) is 2. The topological polar surface area (TPSA) is 107 Å². The van der Waals surface area contributed by atoms with Gasteiger partial charge in [0.1, 0.15) is 9.71 Å². The molecule has 0 atom stereocenters. The Labute approximate surface area is 117 Å². The molecule has 0 aliphatic heterocycles. The fourth-order valence-corrected chi connectivity index (χ4v) is 2.94. The zero-order chi connectivity index (χ0) is 14.1. The molecule has 3 aromatic heterocycles. The van der Waals surface area contributed by atoms with Crippen molar-refractivity contribution in [2.24, 2.45) is 0 Å². The number of nitrogens with one attached hydrogen (secondary N) is 1. The van der Waals surface area contributed by atoms with Gasteiger partial charge in [0, 0.05) is 11.6 Å². The average molecular weight is 289 g/mol. The number of carbonyl (C=O) groups excluding carboxylic acids is 1. The second-order valence-electron chi connectivity index (χ2n) is 4.18.